The number of aryl methyl sites for hydroxylation is 2. The Morgan fingerprint density at radius 3 is 2.49 bits per heavy atom. The molecule has 230 valence electrons. The van der Waals surface area contributed by atoms with Gasteiger partial charge in [-0.05, 0) is 65.2 Å². The molecule has 0 spiro atoms. The lowest BCUT2D eigenvalue weighted by atomic mass is 10.0. The molecule has 3 rings (SSSR count). The molecule has 1 aromatic carbocycles. The number of hydrogen-bond acceptors (Lipinski definition) is 9. The van der Waals surface area contributed by atoms with E-state index in [1.54, 1.807) is 25.7 Å². The Bertz CT molecular complexity index is 1260. The van der Waals surface area contributed by atoms with Crippen LogP contribution in [0.25, 0.3) is 0 Å². The molecule has 2 aromatic rings. The number of benzene rings is 1. The number of aliphatic hydroxyl groups excluding tert-OH is 1. The molecule has 2 heterocycles. The molecule has 11 nitrogen and oxygen atoms in total. The van der Waals surface area contributed by atoms with Crippen molar-refractivity contribution < 1.29 is 32.3 Å². The molecule has 0 aliphatic carbocycles. The van der Waals surface area contributed by atoms with Gasteiger partial charge < -0.3 is 28.9 Å². The van der Waals surface area contributed by atoms with Gasteiger partial charge in [-0.1, -0.05) is 12.1 Å². The van der Waals surface area contributed by atoms with Crippen LogP contribution in [0.5, 0.6) is 5.75 Å². The number of aromatic nitrogens is 1. The third-order valence-electron chi connectivity index (χ3n) is 7.62. The second-order valence-corrected chi connectivity index (χ2v) is 13.3. The number of carbonyl (C=O) groups excluding carboxylic acids is 1. The van der Waals surface area contributed by atoms with E-state index >= 15 is 0 Å². The van der Waals surface area contributed by atoms with Crippen LogP contribution in [0, 0.1) is 19.8 Å². The second-order valence-electron chi connectivity index (χ2n) is 11.3. The van der Waals surface area contributed by atoms with Crippen LogP contribution in [-0.2, 0) is 14.8 Å². The molecule has 0 saturated carbocycles. The summed E-state index contributed by atoms with van der Waals surface area (Å²) in [7, 11) is 1.44. The Labute approximate surface area is 244 Å². The number of ether oxygens (including phenoxy) is 2. The lowest BCUT2D eigenvalue weighted by Crippen LogP contribution is -2.48. The van der Waals surface area contributed by atoms with Gasteiger partial charge in [-0.2, -0.15) is 4.31 Å². The first-order valence-electron chi connectivity index (χ1n) is 14.2. The third-order valence-corrected chi connectivity index (χ3v) is 9.69. The van der Waals surface area contributed by atoms with Gasteiger partial charge in [0.2, 0.25) is 10.0 Å². The molecule has 1 N–H and O–H groups in total. The van der Waals surface area contributed by atoms with E-state index in [2.05, 4.69) is 5.16 Å². The van der Waals surface area contributed by atoms with E-state index in [0.29, 0.717) is 23.6 Å². The maximum atomic E-state index is 14.1. The monoisotopic (exact) mass is 594 g/mol. The van der Waals surface area contributed by atoms with Crippen LogP contribution >= 0.6 is 0 Å². The molecule has 0 unspecified atom stereocenters. The number of aliphatic hydroxyl groups is 1. The summed E-state index contributed by atoms with van der Waals surface area (Å²) in [6, 6.07) is 5.08. The number of hydrogen-bond donors (Lipinski definition) is 1. The van der Waals surface area contributed by atoms with Crippen LogP contribution in [0.4, 0.5) is 5.69 Å². The van der Waals surface area contributed by atoms with Crippen molar-refractivity contribution >= 4 is 21.6 Å². The minimum atomic E-state index is -3.89. The average molecular weight is 595 g/mol. The summed E-state index contributed by atoms with van der Waals surface area (Å²) in [5.41, 5.74) is 1.57. The van der Waals surface area contributed by atoms with Gasteiger partial charge in [0.25, 0.3) is 5.91 Å². The van der Waals surface area contributed by atoms with Gasteiger partial charge in [0, 0.05) is 52.4 Å². The smallest absolute Gasteiger partial charge is 0.258 e. The first kappa shape index (κ1) is 32.8. The predicted octanol–water partition coefficient (Wildman–Crippen LogP) is 3.47. The fraction of sp³-hybridized carbons (Fsp3) is 0.655. The van der Waals surface area contributed by atoms with Crippen LogP contribution < -0.4 is 9.64 Å². The Balaban J connectivity index is 1.98. The molecule has 1 amide bonds. The fourth-order valence-electron chi connectivity index (χ4n) is 5.00. The minimum absolute atomic E-state index is 0.0570. The summed E-state index contributed by atoms with van der Waals surface area (Å²) >= 11 is 0. The zero-order valence-corrected chi connectivity index (χ0v) is 26.4. The lowest BCUT2D eigenvalue weighted by molar-refractivity contribution is -0.00835. The Hall–Kier alpha value is -2.67. The summed E-state index contributed by atoms with van der Waals surface area (Å²) in [6.45, 7) is 9.40. The maximum Gasteiger partial charge on any atom is 0.258 e. The number of likely N-dealkylation sites (N-methyl/N-ethyl adjacent to an activating group) is 1. The first-order chi connectivity index (χ1) is 19.3. The molecule has 4 atom stereocenters. The Morgan fingerprint density at radius 1 is 1.17 bits per heavy atom. The average Bonchev–Trinajstić information content (AvgIpc) is 3.27. The zero-order chi connectivity index (χ0) is 30.5. The van der Waals surface area contributed by atoms with Crippen LogP contribution in [0.3, 0.4) is 0 Å². The van der Waals surface area contributed by atoms with E-state index in [4.69, 9.17) is 14.0 Å². The summed E-state index contributed by atoms with van der Waals surface area (Å²) in [4.78, 5) is 17.7. The SMILES string of the molecule is Cc1noc(C)c1S(=O)(=O)N(C)C[C@H]1OCCCC[C@@H](C)Oc2ccc(N(C)C)cc2C(=O)N([C@@H](C)CO)C[C@@H]1C. The number of carbonyl (C=O) groups is 1. The quantitative estimate of drug-likeness (QED) is 0.513. The van der Waals surface area contributed by atoms with Crippen molar-refractivity contribution in [2.75, 3.05) is 52.3 Å². The van der Waals surface area contributed by atoms with E-state index in [0.717, 1.165) is 24.9 Å². The van der Waals surface area contributed by atoms with Gasteiger partial charge >= 0.3 is 0 Å². The molecule has 0 saturated heterocycles. The van der Waals surface area contributed by atoms with Crippen LogP contribution in [0.1, 0.15) is 61.8 Å². The summed E-state index contributed by atoms with van der Waals surface area (Å²) in [6.07, 6.45) is 1.76. The van der Waals surface area contributed by atoms with E-state index in [9.17, 15) is 18.3 Å². The number of fused-ring (bicyclic) bond motifs is 1. The first-order valence-corrected chi connectivity index (χ1v) is 15.6. The van der Waals surface area contributed by atoms with Crippen LogP contribution in [-0.4, -0.2) is 99.5 Å². The normalized spacial score (nSPS) is 22.1. The summed E-state index contributed by atoms with van der Waals surface area (Å²) in [5, 5.41) is 13.9. The van der Waals surface area contributed by atoms with E-state index < -0.39 is 22.2 Å². The molecule has 0 fully saturated rings. The molecule has 0 radical (unpaired) electrons. The van der Waals surface area contributed by atoms with Gasteiger partial charge in [-0.25, -0.2) is 8.42 Å². The van der Waals surface area contributed by atoms with Gasteiger partial charge in [0.15, 0.2) is 5.76 Å². The molecule has 1 aliphatic rings. The van der Waals surface area contributed by atoms with Crippen molar-refractivity contribution in [1.29, 1.82) is 0 Å². The predicted molar refractivity (Wildman–Crippen MR) is 157 cm³/mol. The van der Waals surface area contributed by atoms with Crippen molar-refractivity contribution in [2.24, 2.45) is 5.92 Å². The molecular formula is C29H46N4O7S. The van der Waals surface area contributed by atoms with Gasteiger partial charge in [-0.3, -0.25) is 4.79 Å². The minimum Gasteiger partial charge on any atom is -0.490 e. The largest absolute Gasteiger partial charge is 0.490 e. The number of amides is 1. The van der Waals surface area contributed by atoms with E-state index in [1.165, 1.54) is 11.4 Å². The zero-order valence-electron chi connectivity index (χ0n) is 25.6. The lowest BCUT2D eigenvalue weighted by Gasteiger charge is -2.35. The van der Waals surface area contributed by atoms with Gasteiger partial charge in [-0.15, -0.1) is 0 Å². The Kier molecular flexibility index (Phi) is 11.2. The standard InChI is InChI=1S/C29H46N4O7S/c1-19-16-33(20(2)18-34)29(35)25-15-24(31(6)7)12-13-26(25)39-21(3)11-9-10-14-38-27(19)17-32(8)41(36,37)28-22(4)30-40-23(28)5/h12-13,15,19-21,27,34H,9-11,14,16-18H2,1-8H3/t19-,20-,21+,27+/m0/s1. The fourth-order valence-corrected chi connectivity index (χ4v) is 6.47. The van der Waals surface area contributed by atoms with Crippen LogP contribution in [0.2, 0.25) is 0 Å². The number of anilines is 1. The van der Waals surface area contributed by atoms with Crippen molar-refractivity contribution in [2.45, 2.75) is 77.0 Å². The molecule has 12 heteroatoms. The topological polar surface area (TPSA) is 126 Å². The maximum absolute atomic E-state index is 14.1. The third kappa shape index (κ3) is 7.79. The van der Waals surface area contributed by atoms with Crippen molar-refractivity contribution in [3.8, 4) is 5.75 Å². The van der Waals surface area contributed by atoms with Crippen LogP contribution in [0.15, 0.2) is 27.6 Å². The molecule has 1 aromatic heterocycles. The molecule has 41 heavy (non-hydrogen) atoms. The van der Waals surface area contributed by atoms with Gasteiger partial charge in [0.05, 0.1) is 30.4 Å². The number of rotatable bonds is 7. The summed E-state index contributed by atoms with van der Waals surface area (Å²) < 4.78 is 45.8. The van der Waals surface area contributed by atoms with Crippen molar-refractivity contribution in [1.82, 2.24) is 14.4 Å². The number of nitrogens with zero attached hydrogens (tertiary/aromatic N) is 4. The van der Waals surface area contributed by atoms with E-state index in [1.807, 2.05) is 51.0 Å². The highest BCUT2D eigenvalue weighted by atomic mass is 32.2. The van der Waals surface area contributed by atoms with Gasteiger partial charge in [0.1, 0.15) is 16.3 Å². The Morgan fingerprint density at radius 2 is 1.88 bits per heavy atom. The molecular weight excluding hydrogens is 548 g/mol. The van der Waals surface area contributed by atoms with Crippen molar-refractivity contribution in [3.63, 3.8) is 0 Å². The summed E-state index contributed by atoms with van der Waals surface area (Å²) in [5.74, 6) is 0.205. The highest BCUT2D eigenvalue weighted by Crippen LogP contribution is 2.30. The second kappa shape index (κ2) is 14.0. The number of sulfonamides is 1. The molecule has 0 bridgehead atoms. The van der Waals surface area contributed by atoms with E-state index in [-0.39, 0.29) is 48.3 Å². The van der Waals surface area contributed by atoms with Crippen molar-refractivity contribution in [3.05, 3.63) is 35.2 Å². The highest BCUT2D eigenvalue weighted by Gasteiger charge is 2.34. The molecule has 1 aliphatic heterocycles. The highest BCUT2D eigenvalue weighted by molar-refractivity contribution is 7.89.